The van der Waals surface area contributed by atoms with Crippen LogP contribution in [0.3, 0.4) is 0 Å². The first-order chi connectivity index (χ1) is 21.8. The molecule has 1 aliphatic carbocycles. The first-order valence-corrected chi connectivity index (χ1v) is 18.1. The highest BCUT2D eigenvalue weighted by Crippen LogP contribution is 2.34. The zero-order chi connectivity index (χ0) is 31.3. The topological polar surface area (TPSA) is 106 Å². The van der Waals surface area contributed by atoms with Gasteiger partial charge in [-0.3, -0.25) is 15.6 Å². The Kier molecular flexibility index (Phi) is 10.3. The van der Waals surface area contributed by atoms with Crippen molar-refractivity contribution in [3.63, 3.8) is 0 Å². The summed E-state index contributed by atoms with van der Waals surface area (Å²) in [6.45, 7) is 7.58. The number of ether oxygens (including phenoxy) is 1. The van der Waals surface area contributed by atoms with Gasteiger partial charge in [0.15, 0.2) is 0 Å². The molecule has 0 bridgehead atoms. The zero-order valence-corrected chi connectivity index (χ0v) is 28.0. The van der Waals surface area contributed by atoms with Gasteiger partial charge in [-0.1, -0.05) is 68.3 Å². The largest absolute Gasteiger partial charge is 0.457 e. The number of aromatic nitrogens is 2. The molecule has 1 amide bonds. The van der Waals surface area contributed by atoms with Crippen molar-refractivity contribution in [2.75, 3.05) is 19.6 Å². The molecule has 238 valence electrons. The summed E-state index contributed by atoms with van der Waals surface area (Å²) in [5.74, 6) is 2.03. The minimum atomic E-state index is 0.165. The molecule has 2 aliphatic heterocycles. The normalized spacial score (nSPS) is 18.6. The molecule has 3 fully saturated rings. The highest BCUT2D eigenvalue weighted by atomic mass is 32.2. The van der Waals surface area contributed by atoms with Crippen LogP contribution in [0.5, 0.6) is 11.5 Å². The van der Waals surface area contributed by atoms with Gasteiger partial charge in [0.25, 0.3) is 0 Å². The molecule has 6 rings (SSSR count). The summed E-state index contributed by atoms with van der Waals surface area (Å²) in [6.07, 6.45) is 10.2. The van der Waals surface area contributed by atoms with E-state index >= 15 is 0 Å². The molecule has 8 nitrogen and oxygen atoms in total. The summed E-state index contributed by atoms with van der Waals surface area (Å²) in [5.41, 5.74) is 2.62. The quantitative estimate of drug-likeness (QED) is 0.179. The predicted octanol–water partition coefficient (Wildman–Crippen LogP) is 8.32. The van der Waals surface area contributed by atoms with Gasteiger partial charge in [0.05, 0.1) is 5.04 Å². The van der Waals surface area contributed by atoms with Crippen LogP contribution in [0.2, 0.25) is 0 Å². The fourth-order valence-corrected chi connectivity index (χ4v) is 8.32. The molecule has 45 heavy (non-hydrogen) atoms. The Balaban J connectivity index is 1.14. The molecule has 3 aromatic rings. The highest BCUT2D eigenvalue weighted by Gasteiger charge is 2.29. The van der Waals surface area contributed by atoms with Gasteiger partial charge in [0, 0.05) is 54.1 Å². The smallest absolute Gasteiger partial charge is 0.222 e. The number of hydrogen-bond donors (Lipinski definition) is 2. The van der Waals surface area contributed by atoms with Crippen LogP contribution < -0.4 is 4.74 Å². The molecule has 1 saturated carbocycles. The van der Waals surface area contributed by atoms with E-state index < -0.39 is 0 Å². The van der Waals surface area contributed by atoms with Crippen molar-refractivity contribution in [1.29, 1.82) is 10.8 Å². The van der Waals surface area contributed by atoms with Crippen molar-refractivity contribution in [3.8, 4) is 22.1 Å². The number of carbonyl (C=O) groups excluding carboxylic acids is 1. The number of piperidine rings is 1. The number of hydrogen-bond acceptors (Lipinski definition) is 9. The van der Waals surface area contributed by atoms with Gasteiger partial charge in [0.2, 0.25) is 5.91 Å². The summed E-state index contributed by atoms with van der Waals surface area (Å²) in [4.78, 5) is 17.0. The molecular weight excluding hydrogens is 601 g/mol. The van der Waals surface area contributed by atoms with E-state index in [4.69, 9.17) is 15.6 Å². The van der Waals surface area contributed by atoms with Crippen LogP contribution in [0.4, 0.5) is 0 Å². The molecule has 0 spiro atoms. The van der Waals surface area contributed by atoms with E-state index in [0.29, 0.717) is 40.5 Å². The summed E-state index contributed by atoms with van der Waals surface area (Å²) < 4.78 is 6.44. The summed E-state index contributed by atoms with van der Waals surface area (Å²) in [6, 6.07) is 14.4. The maximum atomic E-state index is 12.4. The molecule has 2 N–H and O–H groups in total. The summed E-state index contributed by atoms with van der Waals surface area (Å²) in [5, 5.41) is 29.3. The van der Waals surface area contributed by atoms with E-state index in [1.165, 1.54) is 43.9 Å². The van der Waals surface area contributed by atoms with Crippen molar-refractivity contribution < 1.29 is 9.53 Å². The second-order valence-corrected chi connectivity index (χ2v) is 14.9. The second kappa shape index (κ2) is 14.6. The number of nitrogens with zero attached hydrogens (tertiary/aromatic N) is 4. The standard InChI is InChI=1S/C35H44N6O2S2/c1-23(2)34-38-39-35(45-34)25-12-14-29(15-13-25)43-30-21-26(10-11-27(30)22-41-18-6-9-31(41)42)33(37)44-32(36)24-16-19-40(20-17-24)28-7-4-3-5-8-28/h10-15,21,23-24,28,36-37H,3-9,16-20,22H2,1-2H3. The van der Waals surface area contributed by atoms with E-state index in [2.05, 4.69) is 28.9 Å². The Morgan fingerprint density at radius 3 is 2.40 bits per heavy atom. The molecule has 0 unspecified atom stereocenters. The maximum absolute atomic E-state index is 12.4. The maximum Gasteiger partial charge on any atom is 0.222 e. The van der Waals surface area contributed by atoms with Crippen molar-refractivity contribution in [3.05, 3.63) is 58.6 Å². The van der Waals surface area contributed by atoms with Crippen LogP contribution in [-0.2, 0) is 11.3 Å². The van der Waals surface area contributed by atoms with E-state index in [1.807, 2.05) is 47.4 Å². The molecule has 2 aromatic carbocycles. The van der Waals surface area contributed by atoms with Crippen molar-refractivity contribution >= 4 is 39.1 Å². The van der Waals surface area contributed by atoms with Crippen LogP contribution in [-0.4, -0.2) is 61.7 Å². The molecule has 0 atom stereocenters. The molecule has 10 heteroatoms. The predicted molar refractivity (Wildman–Crippen MR) is 184 cm³/mol. The summed E-state index contributed by atoms with van der Waals surface area (Å²) >= 11 is 2.87. The fourth-order valence-electron chi connectivity index (χ4n) is 6.60. The van der Waals surface area contributed by atoms with E-state index in [1.54, 1.807) is 11.3 Å². The summed E-state index contributed by atoms with van der Waals surface area (Å²) in [7, 11) is 0. The Hall–Kier alpha value is -3.08. The van der Waals surface area contributed by atoms with Crippen LogP contribution in [0.15, 0.2) is 42.5 Å². The third-order valence-electron chi connectivity index (χ3n) is 9.33. The second-order valence-electron chi connectivity index (χ2n) is 12.9. The lowest BCUT2D eigenvalue weighted by molar-refractivity contribution is -0.128. The van der Waals surface area contributed by atoms with Crippen LogP contribution in [0.25, 0.3) is 10.6 Å². The lowest BCUT2D eigenvalue weighted by Gasteiger charge is -2.39. The Morgan fingerprint density at radius 2 is 1.73 bits per heavy atom. The van der Waals surface area contributed by atoms with Gasteiger partial charge in [0.1, 0.15) is 26.6 Å². The van der Waals surface area contributed by atoms with Gasteiger partial charge >= 0.3 is 0 Å². The Labute approximate surface area is 275 Å². The fraction of sp³-hybridized carbons (Fsp3) is 0.514. The van der Waals surface area contributed by atoms with Crippen molar-refractivity contribution in [2.45, 2.75) is 90.1 Å². The van der Waals surface area contributed by atoms with Crippen LogP contribution >= 0.6 is 23.1 Å². The molecular formula is C35H44N6O2S2. The number of likely N-dealkylation sites (tertiary alicyclic amines) is 2. The Morgan fingerprint density at radius 1 is 0.978 bits per heavy atom. The van der Waals surface area contributed by atoms with Crippen LogP contribution in [0.1, 0.15) is 93.7 Å². The van der Waals surface area contributed by atoms with Gasteiger partial charge in [-0.15, -0.1) is 10.2 Å². The van der Waals surface area contributed by atoms with Crippen LogP contribution in [0, 0.1) is 16.7 Å². The van der Waals surface area contributed by atoms with Gasteiger partial charge in [-0.25, -0.2) is 0 Å². The van der Waals surface area contributed by atoms with Gasteiger partial charge < -0.3 is 14.5 Å². The molecule has 3 heterocycles. The minimum absolute atomic E-state index is 0.165. The Bertz CT molecular complexity index is 1510. The number of amides is 1. The van der Waals surface area contributed by atoms with Gasteiger partial charge in [-0.05, 0) is 75.5 Å². The lowest BCUT2D eigenvalue weighted by atomic mass is 9.90. The molecule has 0 radical (unpaired) electrons. The van der Waals surface area contributed by atoms with E-state index in [0.717, 1.165) is 71.6 Å². The number of rotatable bonds is 9. The van der Waals surface area contributed by atoms with E-state index in [9.17, 15) is 4.79 Å². The molecule has 3 aliphatic rings. The monoisotopic (exact) mass is 644 g/mol. The van der Waals surface area contributed by atoms with Gasteiger partial charge in [-0.2, -0.15) is 0 Å². The zero-order valence-electron chi connectivity index (χ0n) is 26.4. The highest BCUT2D eigenvalue weighted by molar-refractivity contribution is 8.26. The lowest BCUT2D eigenvalue weighted by Crippen LogP contribution is -2.43. The molecule has 2 saturated heterocycles. The number of benzene rings is 2. The average molecular weight is 645 g/mol. The third kappa shape index (κ3) is 7.84. The number of thioether (sulfide) groups is 1. The third-order valence-corrected chi connectivity index (χ3v) is 11.6. The SMILES string of the molecule is CC(C)c1nnc(-c2ccc(Oc3cc(C(=N)SC(=N)C4CCN(C5CCCCC5)CC4)ccc3CN3CCCC3=O)cc2)s1. The molecule has 1 aromatic heterocycles. The van der Waals surface area contributed by atoms with Crippen molar-refractivity contribution in [2.24, 2.45) is 5.92 Å². The first kappa shape index (κ1) is 31.9. The average Bonchev–Trinajstić information content (AvgIpc) is 3.72. The minimum Gasteiger partial charge on any atom is -0.457 e. The first-order valence-electron chi connectivity index (χ1n) is 16.5. The van der Waals surface area contributed by atoms with Crippen molar-refractivity contribution in [1.82, 2.24) is 20.0 Å². The number of nitrogens with one attached hydrogen (secondary N) is 2. The number of carbonyl (C=O) groups is 1. The van der Waals surface area contributed by atoms with E-state index in [-0.39, 0.29) is 11.8 Å².